The van der Waals surface area contributed by atoms with Crippen LogP contribution in [0, 0.1) is 0 Å². The first-order valence-corrected chi connectivity index (χ1v) is 10.4. The lowest BCUT2D eigenvalue weighted by molar-refractivity contribution is -0.121. The number of rotatable bonds is 3. The largest absolute Gasteiger partial charge is 0.353 e. The highest BCUT2D eigenvalue weighted by molar-refractivity contribution is 8.26. The van der Waals surface area contributed by atoms with Gasteiger partial charge in [0.15, 0.2) is 0 Å². The van der Waals surface area contributed by atoms with E-state index in [9.17, 15) is 9.59 Å². The lowest BCUT2D eigenvalue weighted by Gasteiger charge is -2.35. The molecule has 2 aromatic heterocycles. The Morgan fingerprint density at radius 1 is 1.21 bits per heavy atom. The van der Waals surface area contributed by atoms with Gasteiger partial charge in [-0.25, -0.2) is 4.98 Å². The monoisotopic (exact) mass is 415 g/mol. The molecule has 0 spiro atoms. The first kappa shape index (κ1) is 19.1. The van der Waals surface area contributed by atoms with Gasteiger partial charge in [-0.05, 0) is 24.8 Å². The minimum atomic E-state index is -0.186. The number of carbonyl (C=O) groups excluding carboxylic acids is 1. The molecule has 2 saturated heterocycles. The third-order valence-corrected chi connectivity index (χ3v) is 6.61. The zero-order chi connectivity index (χ0) is 19.8. The summed E-state index contributed by atoms with van der Waals surface area (Å²) in [4.78, 5) is 36.9. The van der Waals surface area contributed by atoms with E-state index < -0.39 is 0 Å². The first-order chi connectivity index (χ1) is 13.5. The van der Waals surface area contributed by atoms with Crippen LogP contribution in [0.3, 0.4) is 0 Å². The highest BCUT2D eigenvalue weighted by atomic mass is 32.2. The molecule has 28 heavy (non-hydrogen) atoms. The van der Waals surface area contributed by atoms with Crippen molar-refractivity contribution in [3.63, 3.8) is 0 Å². The number of anilines is 1. The molecular formula is C19H21N5O2S2. The molecule has 2 aliphatic rings. The average Bonchev–Trinajstić information content (AvgIpc) is 2.96. The molecule has 0 aliphatic carbocycles. The van der Waals surface area contributed by atoms with Gasteiger partial charge in [0.1, 0.15) is 15.8 Å². The topological polar surface area (TPSA) is 61.2 Å². The van der Waals surface area contributed by atoms with Gasteiger partial charge in [-0.1, -0.05) is 37.0 Å². The van der Waals surface area contributed by atoms with Crippen molar-refractivity contribution in [1.82, 2.24) is 19.2 Å². The number of aromatic nitrogens is 2. The molecule has 146 valence electrons. The first-order valence-electron chi connectivity index (χ1n) is 9.20. The van der Waals surface area contributed by atoms with Crippen molar-refractivity contribution in [2.24, 2.45) is 0 Å². The maximum atomic E-state index is 13.2. The van der Waals surface area contributed by atoms with Crippen LogP contribution in [-0.2, 0) is 4.79 Å². The number of amides is 1. The Bertz CT molecular complexity index is 1040. The van der Waals surface area contributed by atoms with Crippen molar-refractivity contribution in [2.75, 3.05) is 44.7 Å². The number of likely N-dealkylation sites (N-methyl/N-ethyl adjacent to an activating group) is 2. The van der Waals surface area contributed by atoms with E-state index in [0.717, 1.165) is 32.7 Å². The van der Waals surface area contributed by atoms with Crippen LogP contribution in [0.25, 0.3) is 11.7 Å². The molecule has 4 heterocycles. The number of thioether (sulfide) groups is 1. The summed E-state index contributed by atoms with van der Waals surface area (Å²) in [5.41, 5.74) is 0.850. The third-order valence-electron chi connectivity index (χ3n) is 5.13. The van der Waals surface area contributed by atoms with Crippen LogP contribution in [0.4, 0.5) is 5.82 Å². The van der Waals surface area contributed by atoms with Crippen LogP contribution >= 0.6 is 24.0 Å². The van der Waals surface area contributed by atoms with Gasteiger partial charge in [-0.2, -0.15) is 0 Å². The third kappa shape index (κ3) is 3.34. The van der Waals surface area contributed by atoms with Gasteiger partial charge in [-0.3, -0.25) is 18.9 Å². The van der Waals surface area contributed by atoms with E-state index in [1.54, 1.807) is 25.4 Å². The lowest BCUT2D eigenvalue weighted by atomic mass is 10.2. The van der Waals surface area contributed by atoms with Gasteiger partial charge in [0, 0.05) is 39.4 Å². The molecule has 9 heteroatoms. The van der Waals surface area contributed by atoms with Crippen LogP contribution in [0.15, 0.2) is 34.1 Å². The molecule has 0 radical (unpaired) electrons. The molecule has 0 N–H and O–H groups in total. The maximum absolute atomic E-state index is 13.2. The molecule has 2 aliphatic heterocycles. The fraction of sp³-hybridized carbons (Fsp3) is 0.368. The van der Waals surface area contributed by atoms with Crippen LogP contribution in [0.2, 0.25) is 0 Å². The van der Waals surface area contributed by atoms with E-state index in [0.29, 0.717) is 26.3 Å². The summed E-state index contributed by atoms with van der Waals surface area (Å²) in [6.45, 7) is 6.57. The number of nitrogens with zero attached hydrogens (tertiary/aromatic N) is 5. The Morgan fingerprint density at radius 2 is 1.96 bits per heavy atom. The van der Waals surface area contributed by atoms with E-state index in [4.69, 9.17) is 17.2 Å². The predicted octanol–water partition coefficient (Wildman–Crippen LogP) is 1.67. The Morgan fingerprint density at radius 3 is 2.61 bits per heavy atom. The zero-order valence-electron chi connectivity index (χ0n) is 15.8. The summed E-state index contributed by atoms with van der Waals surface area (Å²) >= 11 is 6.43. The smallest absolute Gasteiger partial charge is 0.267 e. The van der Waals surface area contributed by atoms with Crippen LogP contribution < -0.4 is 10.5 Å². The van der Waals surface area contributed by atoms with E-state index in [2.05, 4.69) is 16.7 Å². The number of piperazine rings is 1. The van der Waals surface area contributed by atoms with Crippen molar-refractivity contribution in [1.29, 1.82) is 0 Å². The standard InChI is InChI=1S/C19H21N5O2S2/c1-3-22-8-10-23(11-9-22)16-13(12-14-18(26)21(2)19(27)28-14)17(25)24-7-5-4-6-15(24)20-16/h4-7,12H,3,8-11H2,1-2H3. The Labute approximate surface area is 172 Å². The molecule has 1 amide bonds. The molecule has 7 nitrogen and oxygen atoms in total. The maximum Gasteiger partial charge on any atom is 0.267 e. The normalized spacial score (nSPS) is 20.0. The van der Waals surface area contributed by atoms with E-state index in [-0.39, 0.29) is 11.5 Å². The Balaban J connectivity index is 1.84. The molecule has 2 aromatic rings. The second-order valence-corrected chi connectivity index (χ2v) is 8.42. The number of hydrogen-bond acceptors (Lipinski definition) is 7. The summed E-state index contributed by atoms with van der Waals surface area (Å²) in [5.74, 6) is 0.447. The predicted molar refractivity (Wildman–Crippen MR) is 117 cm³/mol. The molecule has 0 atom stereocenters. The van der Waals surface area contributed by atoms with Crippen LogP contribution in [0.5, 0.6) is 0 Å². The van der Waals surface area contributed by atoms with Crippen LogP contribution in [0.1, 0.15) is 12.5 Å². The van der Waals surface area contributed by atoms with Gasteiger partial charge < -0.3 is 9.80 Å². The molecule has 0 aromatic carbocycles. The molecule has 0 saturated carbocycles. The SMILES string of the molecule is CCN1CCN(c2nc3ccccn3c(=O)c2C=C2SC(=S)N(C)C2=O)CC1. The summed E-state index contributed by atoms with van der Waals surface area (Å²) in [7, 11) is 1.65. The minimum Gasteiger partial charge on any atom is -0.353 e. The molecule has 0 unspecified atom stereocenters. The second-order valence-electron chi connectivity index (χ2n) is 6.75. The fourth-order valence-corrected chi connectivity index (χ4v) is 4.57. The van der Waals surface area contributed by atoms with Gasteiger partial charge >= 0.3 is 0 Å². The highest BCUT2D eigenvalue weighted by Gasteiger charge is 2.30. The molecular weight excluding hydrogens is 394 g/mol. The van der Waals surface area contributed by atoms with Crippen molar-refractivity contribution in [2.45, 2.75) is 6.92 Å². The molecule has 4 rings (SSSR count). The number of thiocarbonyl (C=S) groups is 1. The molecule has 0 bridgehead atoms. The average molecular weight is 416 g/mol. The number of hydrogen-bond donors (Lipinski definition) is 0. The minimum absolute atomic E-state index is 0.181. The highest BCUT2D eigenvalue weighted by Crippen LogP contribution is 2.32. The van der Waals surface area contributed by atoms with Crippen molar-refractivity contribution < 1.29 is 4.79 Å². The number of fused-ring (bicyclic) bond motifs is 1. The Hall–Kier alpha value is -2.23. The zero-order valence-corrected chi connectivity index (χ0v) is 17.4. The lowest BCUT2D eigenvalue weighted by Crippen LogP contribution is -2.47. The molecule has 2 fully saturated rings. The Kier molecular flexibility index (Phi) is 5.22. The number of carbonyl (C=O) groups is 1. The van der Waals surface area contributed by atoms with E-state index in [1.807, 2.05) is 12.1 Å². The summed E-state index contributed by atoms with van der Waals surface area (Å²) in [6.07, 6.45) is 3.35. The fourth-order valence-electron chi connectivity index (χ4n) is 3.41. The van der Waals surface area contributed by atoms with Gasteiger partial charge in [0.05, 0.1) is 10.5 Å². The number of pyridine rings is 1. The quantitative estimate of drug-likeness (QED) is 0.558. The van der Waals surface area contributed by atoms with Crippen molar-refractivity contribution >= 4 is 51.7 Å². The van der Waals surface area contributed by atoms with Gasteiger partial charge in [0.2, 0.25) is 0 Å². The second kappa shape index (κ2) is 7.65. The summed E-state index contributed by atoms with van der Waals surface area (Å²) < 4.78 is 2.01. The van der Waals surface area contributed by atoms with Crippen LogP contribution in [-0.4, -0.2) is 69.2 Å². The van der Waals surface area contributed by atoms with Gasteiger partial charge in [0.25, 0.3) is 11.5 Å². The van der Waals surface area contributed by atoms with E-state index >= 15 is 0 Å². The van der Waals surface area contributed by atoms with Crippen molar-refractivity contribution in [3.05, 3.63) is 45.2 Å². The summed E-state index contributed by atoms with van der Waals surface area (Å²) in [6, 6.07) is 5.48. The summed E-state index contributed by atoms with van der Waals surface area (Å²) in [5, 5.41) is 0. The van der Waals surface area contributed by atoms with E-state index in [1.165, 1.54) is 21.1 Å². The van der Waals surface area contributed by atoms with Crippen molar-refractivity contribution in [3.8, 4) is 0 Å². The van der Waals surface area contributed by atoms with Gasteiger partial charge in [-0.15, -0.1) is 0 Å².